The van der Waals surface area contributed by atoms with Crippen LogP contribution in [0.25, 0.3) is 11.2 Å². The van der Waals surface area contributed by atoms with E-state index in [0.717, 1.165) is 16.7 Å². The number of benzene rings is 4. The van der Waals surface area contributed by atoms with Crippen LogP contribution in [0.1, 0.15) is 39.0 Å². The number of ether oxygens (including phenoxy) is 5. The lowest BCUT2D eigenvalue weighted by molar-refractivity contribution is -0.616. The number of fused-ring (bicyclic) bond motifs is 1. The SMILES string of the molecule is COc1ccc(C(OCC2CN(CP(=O)(O)OCc3cc(OC)cc[n+]3[O-])CC(n3cnc4c(NC(=O)c5ccccc5)ncnc43)O2)(c2ccccc2)c2ccc(OC)cc2)cc1. The van der Waals surface area contributed by atoms with Crippen LogP contribution in [0.3, 0.4) is 0 Å². The van der Waals surface area contributed by atoms with Crippen molar-refractivity contribution in [3.8, 4) is 17.2 Å². The number of anilines is 1. The lowest BCUT2D eigenvalue weighted by atomic mass is 9.80. The van der Waals surface area contributed by atoms with Crippen molar-refractivity contribution in [3.63, 3.8) is 0 Å². The fourth-order valence-corrected chi connectivity index (χ4v) is 8.83. The summed E-state index contributed by atoms with van der Waals surface area (Å²) in [5, 5.41) is 15.3. The van der Waals surface area contributed by atoms with Crippen molar-refractivity contribution < 1.29 is 47.2 Å². The van der Waals surface area contributed by atoms with Crippen molar-refractivity contribution in [1.82, 2.24) is 24.4 Å². The van der Waals surface area contributed by atoms with Gasteiger partial charge in [-0.2, -0.15) is 4.73 Å². The van der Waals surface area contributed by atoms with E-state index in [1.165, 1.54) is 38.1 Å². The van der Waals surface area contributed by atoms with Gasteiger partial charge in [0.15, 0.2) is 23.2 Å². The molecule has 1 fully saturated rings. The summed E-state index contributed by atoms with van der Waals surface area (Å²) in [5.74, 6) is 1.55. The number of carbonyl (C=O) groups excluding carboxylic acids is 1. The van der Waals surface area contributed by atoms with Gasteiger partial charge in [-0.25, -0.2) is 15.0 Å². The summed E-state index contributed by atoms with van der Waals surface area (Å²) >= 11 is 0. The number of morpholine rings is 1. The first kappa shape index (κ1) is 43.9. The van der Waals surface area contributed by atoms with E-state index >= 15 is 0 Å². The number of amides is 1. The second-order valence-electron chi connectivity index (χ2n) is 14.9. The van der Waals surface area contributed by atoms with Crippen LogP contribution in [-0.2, 0) is 30.8 Å². The molecule has 3 atom stereocenters. The molecule has 2 N–H and O–H groups in total. The van der Waals surface area contributed by atoms with Gasteiger partial charge in [0.25, 0.3) is 5.91 Å². The summed E-state index contributed by atoms with van der Waals surface area (Å²) in [6.07, 6.45) is 2.09. The third kappa shape index (κ3) is 9.60. The quantitative estimate of drug-likeness (QED) is 0.0447. The molecule has 1 aliphatic rings. The molecule has 4 heterocycles. The third-order valence-electron chi connectivity index (χ3n) is 10.8. The molecule has 0 spiro atoms. The second kappa shape index (κ2) is 19.3. The van der Waals surface area contributed by atoms with Crippen LogP contribution >= 0.6 is 7.60 Å². The maximum Gasteiger partial charge on any atom is 0.342 e. The molecule has 0 bridgehead atoms. The van der Waals surface area contributed by atoms with Gasteiger partial charge in [-0.3, -0.25) is 23.4 Å². The van der Waals surface area contributed by atoms with Crippen molar-refractivity contribution in [2.75, 3.05) is 52.6 Å². The van der Waals surface area contributed by atoms with Crippen molar-refractivity contribution in [1.29, 1.82) is 0 Å². The molecule has 1 saturated heterocycles. The maximum atomic E-state index is 13.9. The lowest BCUT2D eigenvalue weighted by Crippen LogP contribution is -2.49. The van der Waals surface area contributed by atoms with E-state index in [0.29, 0.717) is 38.7 Å². The molecule has 3 aromatic heterocycles. The van der Waals surface area contributed by atoms with Crippen LogP contribution < -0.4 is 24.3 Å². The number of pyridine rings is 1. The summed E-state index contributed by atoms with van der Waals surface area (Å²) in [6.45, 7) is -0.233. The molecule has 330 valence electrons. The Morgan fingerprint density at radius 2 is 1.47 bits per heavy atom. The van der Waals surface area contributed by atoms with E-state index in [2.05, 4.69) is 20.3 Å². The van der Waals surface area contributed by atoms with Crippen LogP contribution in [0.2, 0.25) is 0 Å². The highest BCUT2D eigenvalue weighted by atomic mass is 31.2. The molecule has 1 amide bonds. The van der Waals surface area contributed by atoms with Crippen molar-refractivity contribution in [2.24, 2.45) is 0 Å². The summed E-state index contributed by atoms with van der Waals surface area (Å²) < 4.78 is 51.9. The number of hydrogen-bond acceptors (Lipinski definition) is 13. The Kier molecular flexibility index (Phi) is 13.3. The summed E-state index contributed by atoms with van der Waals surface area (Å²) in [4.78, 5) is 39.6. The van der Waals surface area contributed by atoms with Crippen LogP contribution in [0, 0.1) is 5.21 Å². The number of aromatic nitrogens is 5. The predicted molar refractivity (Wildman–Crippen MR) is 235 cm³/mol. The Balaban J connectivity index is 1.14. The number of carbonyl (C=O) groups is 1. The van der Waals surface area contributed by atoms with E-state index in [-0.39, 0.29) is 37.1 Å². The van der Waals surface area contributed by atoms with Crippen molar-refractivity contribution in [2.45, 2.75) is 24.5 Å². The molecule has 8 rings (SSSR count). The van der Waals surface area contributed by atoms with E-state index < -0.39 is 38.4 Å². The first-order valence-corrected chi connectivity index (χ1v) is 22.0. The molecule has 64 heavy (non-hydrogen) atoms. The highest BCUT2D eigenvalue weighted by Gasteiger charge is 2.41. The van der Waals surface area contributed by atoms with E-state index in [9.17, 15) is 19.5 Å². The molecule has 4 aromatic carbocycles. The minimum absolute atomic E-state index is 0.0173. The van der Waals surface area contributed by atoms with Gasteiger partial charge < -0.3 is 39.1 Å². The molecule has 17 nitrogen and oxygen atoms in total. The highest BCUT2D eigenvalue weighted by Crippen LogP contribution is 2.45. The summed E-state index contributed by atoms with van der Waals surface area (Å²) in [5.41, 5.74) is 2.43. The third-order valence-corrected chi connectivity index (χ3v) is 12.1. The van der Waals surface area contributed by atoms with E-state index in [1.807, 2.05) is 84.9 Å². The maximum absolute atomic E-state index is 13.9. The van der Waals surface area contributed by atoms with Gasteiger partial charge in [0.1, 0.15) is 48.3 Å². The zero-order valence-corrected chi connectivity index (χ0v) is 36.1. The van der Waals surface area contributed by atoms with Crippen LogP contribution in [0.5, 0.6) is 17.2 Å². The molecule has 18 heteroatoms. The standard InChI is InChI=1S/C46H46N7O10P/c1-58-37-18-14-34(15-19-37)46(33-12-8-5-9-13-33,35-16-20-38(59-2)21-17-35)61-28-40-25-51(31-64(56,57)62-27-36-24-39(60-3)22-23-53(36)55)26-41(63-40)52-30-49-42-43(47-29-48-44(42)52)50-45(54)32-10-6-4-7-11-32/h4-24,29-30,40-41H,25-28,31H2,1-3H3,(H,56,57)(H,47,48,50,54). The normalized spacial score (nSPS) is 16.5. The zero-order chi connectivity index (χ0) is 44.7. The monoisotopic (exact) mass is 887 g/mol. The molecule has 1 aliphatic heterocycles. The number of nitrogens with zero attached hydrogens (tertiary/aromatic N) is 6. The van der Waals surface area contributed by atoms with E-state index in [4.69, 9.17) is 28.2 Å². The van der Waals surface area contributed by atoms with Crippen molar-refractivity contribution in [3.05, 3.63) is 173 Å². The fourth-order valence-electron chi connectivity index (χ4n) is 7.67. The van der Waals surface area contributed by atoms with Gasteiger partial charge in [0.2, 0.25) is 5.69 Å². The van der Waals surface area contributed by atoms with E-state index in [1.54, 1.807) is 48.0 Å². The Bertz CT molecular complexity index is 2680. The Morgan fingerprint density at radius 3 is 2.11 bits per heavy atom. The van der Waals surface area contributed by atoms with Crippen LogP contribution in [0.15, 0.2) is 140 Å². The number of hydrogen-bond donors (Lipinski definition) is 2. The minimum Gasteiger partial charge on any atom is -0.618 e. The lowest BCUT2D eigenvalue weighted by Gasteiger charge is -2.41. The van der Waals surface area contributed by atoms with Gasteiger partial charge in [-0.05, 0) is 53.1 Å². The summed E-state index contributed by atoms with van der Waals surface area (Å²) in [6, 6.07) is 36.7. The Morgan fingerprint density at radius 1 is 0.844 bits per heavy atom. The second-order valence-corrected chi connectivity index (χ2v) is 16.7. The largest absolute Gasteiger partial charge is 0.618 e. The number of methoxy groups -OCH3 is 3. The van der Waals surface area contributed by atoms with Crippen LogP contribution in [-0.4, -0.2) is 88.6 Å². The highest BCUT2D eigenvalue weighted by molar-refractivity contribution is 7.52. The van der Waals surface area contributed by atoms with Gasteiger partial charge in [-0.1, -0.05) is 72.8 Å². The van der Waals surface area contributed by atoms with Gasteiger partial charge in [0.05, 0.1) is 46.4 Å². The molecule has 0 radical (unpaired) electrons. The number of imidazole rings is 1. The molecule has 0 aliphatic carbocycles. The molecule has 7 aromatic rings. The first-order chi connectivity index (χ1) is 31.1. The number of rotatable bonds is 17. The molecular formula is C46H46N7O10P. The predicted octanol–water partition coefficient (Wildman–Crippen LogP) is 6.31. The minimum atomic E-state index is -4.40. The first-order valence-electron chi connectivity index (χ1n) is 20.2. The molecular weight excluding hydrogens is 842 g/mol. The zero-order valence-electron chi connectivity index (χ0n) is 35.2. The van der Waals surface area contributed by atoms with Gasteiger partial charge >= 0.3 is 7.60 Å². The summed E-state index contributed by atoms with van der Waals surface area (Å²) in [7, 11) is 0.268. The smallest absolute Gasteiger partial charge is 0.342 e. The fraction of sp³-hybridized carbons (Fsp3) is 0.239. The van der Waals surface area contributed by atoms with Gasteiger partial charge in [-0.15, -0.1) is 0 Å². The Labute approximate surface area is 368 Å². The Hall–Kier alpha value is -6.72. The average molecular weight is 888 g/mol. The van der Waals surface area contributed by atoms with Crippen LogP contribution in [0.4, 0.5) is 5.82 Å². The average Bonchev–Trinajstić information content (AvgIpc) is 3.78. The van der Waals surface area contributed by atoms with Gasteiger partial charge in [0, 0.05) is 24.7 Å². The molecule has 3 unspecified atom stereocenters. The van der Waals surface area contributed by atoms with Crippen molar-refractivity contribution >= 4 is 30.5 Å². The molecule has 0 saturated carbocycles. The number of nitrogens with one attached hydrogen (secondary N) is 1. The topological polar surface area (TPSA) is 196 Å².